The summed E-state index contributed by atoms with van der Waals surface area (Å²) < 4.78 is 129. The minimum atomic E-state index is -5.76. The fourth-order valence-corrected chi connectivity index (χ4v) is 18.8. The van der Waals surface area contributed by atoms with E-state index in [4.69, 9.17) is 66.0 Å². The van der Waals surface area contributed by atoms with E-state index in [1.54, 1.807) is 28.1 Å². The topological polar surface area (TPSA) is 594 Å². The molecule has 4 aliphatic rings. The van der Waals surface area contributed by atoms with Crippen LogP contribution in [0.1, 0.15) is 239 Å². The first kappa shape index (κ1) is 127. The maximum absolute atomic E-state index is 13.6. The summed E-state index contributed by atoms with van der Waals surface area (Å²) in [6, 6.07) is -6.60. The largest absolute Gasteiger partial charge is 0.483 e. The number of aliphatic hydroxyl groups excluding tert-OH is 10. The Kier molecular flexibility index (Phi) is 57.4. The van der Waals surface area contributed by atoms with Crippen LogP contribution in [0.2, 0.25) is 0 Å². The normalized spacial score (nSPS) is 29.1. The molecule has 0 aliphatic carbocycles. The number of nitrogens with zero attached hydrogens (tertiary/aromatic N) is 1. The first-order chi connectivity index (χ1) is 64.9. The molecule has 0 aromatic rings. The van der Waals surface area contributed by atoms with Gasteiger partial charge in [0.05, 0.1) is 72.9 Å². The Morgan fingerprint density at radius 1 is 0.388 bits per heavy atom. The van der Waals surface area contributed by atoms with E-state index in [0.29, 0.717) is 17.3 Å². The van der Waals surface area contributed by atoms with E-state index < -0.39 is 230 Å². The molecule has 4 fully saturated rings. The number of amides is 3. The van der Waals surface area contributed by atoms with Gasteiger partial charge in [-0.25, -0.2) is 18.3 Å². The van der Waals surface area contributed by atoms with Crippen molar-refractivity contribution in [1.82, 2.24) is 16.0 Å². The number of aliphatic hydroxyl groups is 10. The fraction of sp³-hybridized carbons (Fsp3) is 0.737. The Hall–Kier alpha value is -4.73. The van der Waals surface area contributed by atoms with Gasteiger partial charge in [0.2, 0.25) is 17.7 Å². The Morgan fingerprint density at radius 2 is 0.741 bits per heavy atom. The molecule has 27 atom stereocenters. The lowest BCUT2D eigenvalue weighted by molar-refractivity contribution is -0.870. The maximum Gasteiger partial charge on any atom is 0.483 e. The van der Waals surface area contributed by atoms with Crippen molar-refractivity contribution in [3.05, 3.63) is 128 Å². The summed E-state index contributed by atoms with van der Waals surface area (Å²) in [5, 5.41) is 117. The predicted molar refractivity (Wildman–Crippen MR) is 521 cm³/mol. The summed E-state index contributed by atoms with van der Waals surface area (Å²) in [7, 11) is -16.1. The Balaban J connectivity index is 1.22. The highest BCUT2D eigenvalue weighted by atomic mass is 31.3. The number of rotatable bonds is 63. The SMILES string of the molecule is CC(=O)N[C@H]1[C@@H](O[C@H]2[C@@H](O)[C@@H](CO)O[C@@H](OC[C@H](O)[C@H](O)[C@H](O)COP(=O)(O)OC[C@H]3O[C@@H](O[C@H]4[C@@H](N)[C@@H](C)O[C@@H](OP(=O)(O)OP(=O)(O)OC/C=C(/C)CC/C=C(/C)CC/C=C(/C)CC/C=C(/C)CC/C=C(/C)CC/C=C(/C)CC/C=C(/C)CC/C=C(/C)CC/C=C(\C)CC/C=C(\C)CCC=C(C)C)[C@@H]4NC(C)=O)[C@H](O)[C@@H](O)[C@@H]3O)[C@@H]2NC(C)=O)O[C@H](COP(=O)(O)OCC[N+](C)(C)C)[C@H](O)[C@@H]1O. The highest BCUT2D eigenvalue weighted by Gasteiger charge is 2.56. The van der Waals surface area contributed by atoms with Crippen molar-refractivity contribution in [3.63, 3.8) is 0 Å². The number of phosphoric acid groups is 4. The summed E-state index contributed by atoms with van der Waals surface area (Å²) in [6.07, 6.45) is 7.53. The molecule has 800 valence electrons. The van der Waals surface area contributed by atoms with Crippen LogP contribution in [-0.2, 0) is 97.3 Å². The Labute approximate surface area is 821 Å². The monoisotopic (exact) mass is 2060 g/mol. The van der Waals surface area contributed by atoms with Crippen LogP contribution in [0.5, 0.6) is 0 Å². The van der Waals surface area contributed by atoms with Crippen molar-refractivity contribution in [3.8, 4) is 0 Å². The van der Waals surface area contributed by atoms with Crippen LogP contribution in [0.15, 0.2) is 128 Å². The number of allylic oxidation sites excluding steroid dienone is 21. The molecule has 139 heavy (non-hydrogen) atoms. The van der Waals surface area contributed by atoms with Crippen molar-refractivity contribution >= 4 is 49.0 Å². The molecular formula is C95H166N5O35P4+. The van der Waals surface area contributed by atoms with Gasteiger partial charge >= 0.3 is 31.3 Å². The van der Waals surface area contributed by atoms with Gasteiger partial charge in [0, 0.05) is 20.8 Å². The van der Waals surface area contributed by atoms with Crippen molar-refractivity contribution in [2.75, 3.05) is 73.9 Å². The van der Waals surface area contributed by atoms with E-state index in [9.17, 15) is 103 Å². The first-order valence-electron chi connectivity index (χ1n) is 47.7. The van der Waals surface area contributed by atoms with Gasteiger partial charge in [-0.1, -0.05) is 128 Å². The van der Waals surface area contributed by atoms with Crippen LogP contribution in [-0.4, -0.2) is 308 Å². The molecule has 0 spiro atoms. The van der Waals surface area contributed by atoms with Gasteiger partial charge in [0.15, 0.2) is 25.2 Å². The lowest BCUT2D eigenvalue weighted by Crippen LogP contribution is -2.69. The second kappa shape index (κ2) is 63.1. The van der Waals surface area contributed by atoms with Crippen LogP contribution < -0.4 is 21.7 Å². The third kappa shape index (κ3) is 50.0. The average Bonchev–Trinajstić information content (AvgIpc) is 0.778. The number of likely N-dealkylation sites (N-methyl/N-ethyl adjacent to an activating group) is 1. The number of carbonyl (C=O) groups excluding carboxylic acids is 3. The number of hydrogen-bond acceptors (Lipinski definition) is 32. The molecule has 3 amide bonds. The molecule has 4 unspecified atom stereocenters. The summed E-state index contributed by atoms with van der Waals surface area (Å²) >= 11 is 0. The quantitative estimate of drug-likeness (QED) is 0.0153. The molecule has 44 heteroatoms. The molecule has 0 aromatic heterocycles. The highest BCUT2D eigenvalue weighted by molar-refractivity contribution is 7.61. The van der Waals surface area contributed by atoms with Gasteiger partial charge in [-0.05, 0) is 218 Å². The van der Waals surface area contributed by atoms with E-state index in [2.05, 4.69) is 150 Å². The first-order valence-corrected chi connectivity index (χ1v) is 53.7. The maximum atomic E-state index is 13.6. The minimum absolute atomic E-state index is 0.247. The molecule has 0 saturated carbocycles. The summed E-state index contributed by atoms with van der Waals surface area (Å²) in [6.45, 7) is 24.3. The molecule has 4 saturated heterocycles. The van der Waals surface area contributed by atoms with E-state index in [-0.39, 0.29) is 13.2 Å². The molecule has 0 bridgehead atoms. The highest BCUT2D eigenvalue weighted by Crippen LogP contribution is 2.61. The van der Waals surface area contributed by atoms with Crippen LogP contribution in [0.25, 0.3) is 0 Å². The molecule has 19 N–H and O–H groups in total. The van der Waals surface area contributed by atoms with E-state index in [1.165, 1.54) is 68.7 Å². The van der Waals surface area contributed by atoms with E-state index >= 15 is 0 Å². The number of hydrogen-bond donors (Lipinski definition) is 18. The standard InChI is InChI=1S/C95H165N5O35P4/c1-59(2)30-20-31-60(3)32-21-33-61(4)34-22-35-62(5)36-23-37-63(6)38-24-39-64(7)40-25-41-65(8)42-26-43-66(9)44-27-45-67(10)46-28-47-68(11)48-29-49-69(12)50-52-123-138(118,119)135-139(120,121)134-94-81(98-72(15)103)90(79(96)70(13)128-94)132-95-89(113)88(112)85(109)78(131-95)58-127-137(116,117)125-56-75(106)83(107)74(105)55-122-92-82(99-73(16)104)91(86(110)76(54-101)129-92)133-93-80(97-71(14)102)87(111)84(108)77(130-93)57-126-136(114,115)124-53-51-100(17,18)19/h30,32,34,36,38,40,42,44,46,48,50,70,74-95,101,105-113H,20-29,31,33,35,37,39,41,43,45,47,49,51-58,96H2,1-19H3,(H6-,97,98,99,102,103,104,114,115,116,117,118,119,120,121)/p+1/b60-32+,61-34+,62-36-,63-38-,64-40-,65-42-,66-44-,67-46-,68-48-,69-50-/t70-,74+,75-,76-,77-,78-,79+,80-,81-,82-,83+,84+,85-,86+,87-,88+,89-,90+,91-,92-,93-,94+,95+/m1/s1. The molecular weight excluding hydrogens is 1890 g/mol. The van der Waals surface area contributed by atoms with Crippen molar-refractivity contribution in [2.45, 2.75) is 380 Å². The van der Waals surface area contributed by atoms with Crippen LogP contribution >= 0.6 is 31.3 Å². The zero-order chi connectivity index (χ0) is 104. The number of ether oxygens (including phenoxy) is 7. The fourth-order valence-electron chi connectivity index (χ4n) is 15.3. The third-order valence-electron chi connectivity index (χ3n) is 23.8. The van der Waals surface area contributed by atoms with Crippen molar-refractivity contribution in [2.24, 2.45) is 5.73 Å². The lowest BCUT2D eigenvalue weighted by atomic mass is 9.94. The van der Waals surface area contributed by atoms with Crippen LogP contribution in [0.4, 0.5) is 0 Å². The van der Waals surface area contributed by atoms with Crippen LogP contribution in [0, 0.1) is 0 Å². The van der Waals surface area contributed by atoms with Crippen molar-refractivity contribution < 1.29 is 172 Å². The predicted octanol–water partition coefficient (Wildman–Crippen LogP) is 10.2. The van der Waals surface area contributed by atoms with Gasteiger partial charge in [0.25, 0.3) is 0 Å². The summed E-state index contributed by atoms with van der Waals surface area (Å²) in [4.78, 5) is 80.5. The zero-order valence-corrected chi connectivity index (χ0v) is 88.2. The molecule has 0 radical (unpaired) electrons. The number of quaternary nitrogens is 1. The van der Waals surface area contributed by atoms with Crippen LogP contribution in [0.3, 0.4) is 0 Å². The lowest BCUT2D eigenvalue weighted by Gasteiger charge is -2.48. The van der Waals surface area contributed by atoms with E-state index in [0.717, 1.165) is 142 Å². The molecule has 4 rings (SSSR count). The van der Waals surface area contributed by atoms with Gasteiger partial charge in [-0.3, -0.25) is 41.5 Å². The minimum Gasteiger partial charge on any atom is -0.394 e. The third-order valence-corrected chi connectivity index (χ3v) is 28.3. The molecule has 40 nitrogen and oxygen atoms in total. The zero-order valence-electron chi connectivity index (χ0n) is 84.6. The smallest absolute Gasteiger partial charge is 0.394 e. The number of carbonyl (C=O) groups is 3. The Bertz CT molecular complexity index is 4340. The second-order valence-corrected chi connectivity index (χ2v) is 44.0. The molecule has 4 heterocycles. The summed E-state index contributed by atoms with van der Waals surface area (Å²) in [5.41, 5.74) is 21.3. The van der Waals surface area contributed by atoms with Gasteiger partial charge < -0.3 is 130 Å². The Morgan fingerprint density at radius 3 is 1.14 bits per heavy atom. The second-order valence-electron chi connectivity index (χ2n) is 38.1. The van der Waals surface area contributed by atoms with Gasteiger partial charge in [0.1, 0.15) is 117 Å². The van der Waals surface area contributed by atoms with Gasteiger partial charge in [-0.15, -0.1) is 0 Å². The average molecular weight is 2060 g/mol. The number of nitrogens with one attached hydrogen (secondary N) is 3. The summed E-state index contributed by atoms with van der Waals surface area (Å²) in [5.74, 6) is -2.53. The molecule has 4 aliphatic heterocycles. The number of phosphoric ester groups is 4. The van der Waals surface area contributed by atoms with Crippen molar-refractivity contribution in [1.29, 1.82) is 0 Å². The number of nitrogens with two attached hydrogens (primary N) is 1. The van der Waals surface area contributed by atoms with E-state index in [1.807, 2.05) is 6.92 Å². The van der Waals surface area contributed by atoms with Gasteiger partial charge in [-0.2, -0.15) is 4.31 Å². The molecule has 0 aromatic carbocycles.